The van der Waals surface area contributed by atoms with Gasteiger partial charge in [-0.05, 0) is 56.2 Å². The quantitative estimate of drug-likeness (QED) is 0.0931. The number of carbonyl (C=O) groups is 1. The highest BCUT2D eigenvalue weighted by Gasteiger charge is 2.91. The van der Waals surface area contributed by atoms with Gasteiger partial charge in [0, 0.05) is 5.92 Å². The maximum atomic E-state index is 14.5. The van der Waals surface area contributed by atoms with Gasteiger partial charge in [0.25, 0.3) is 0 Å². The minimum absolute atomic E-state index is 0.538. The molecule has 16 heteroatoms. The number of esters is 1. The second-order valence-electron chi connectivity index (χ2n) is 10.3. The molecule has 1 aromatic carbocycles. The zero-order chi connectivity index (χ0) is 32.4. The van der Waals surface area contributed by atoms with Crippen LogP contribution in [0.1, 0.15) is 70.3 Å². The van der Waals surface area contributed by atoms with Gasteiger partial charge in [-0.2, -0.15) is 57.1 Å². The van der Waals surface area contributed by atoms with E-state index in [9.17, 15) is 66.3 Å². The molecule has 0 radical (unpaired) electrons. The average Bonchev–Trinajstić information content (AvgIpc) is 2.89. The molecule has 1 aromatic rings. The van der Waals surface area contributed by atoms with Crippen molar-refractivity contribution in [3.8, 4) is 5.75 Å². The Bertz CT molecular complexity index is 1060. The third-order valence-electron chi connectivity index (χ3n) is 7.31. The number of rotatable bonds is 13. The number of unbranched alkanes of at least 4 members (excludes halogenated alkanes) is 4. The van der Waals surface area contributed by atoms with Gasteiger partial charge in [0.1, 0.15) is 0 Å². The zero-order valence-corrected chi connectivity index (χ0v) is 22.1. The molecule has 0 atom stereocenters. The van der Waals surface area contributed by atoms with Crippen LogP contribution >= 0.6 is 0 Å². The maximum Gasteiger partial charge on any atom is 0.460 e. The molecule has 0 bridgehead atoms. The normalized spacial score (nSPS) is 19.6. The molecule has 0 heterocycles. The van der Waals surface area contributed by atoms with Crippen LogP contribution in [-0.2, 0) is 11.2 Å². The molecule has 2 rings (SSSR count). The zero-order valence-electron chi connectivity index (χ0n) is 22.1. The van der Waals surface area contributed by atoms with E-state index >= 15 is 0 Å². The molecule has 1 aliphatic rings. The van der Waals surface area contributed by atoms with Gasteiger partial charge >= 0.3 is 41.8 Å². The number of alkyl halides is 13. The summed E-state index contributed by atoms with van der Waals surface area (Å²) in [6.07, 6.45) is -6.14. The Balaban J connectivity index is 2.07. The number of aryl methyl sites for hydroxylation is 1. The number of hydrogen-bond donors (Lipinski definition) is 0. The van der Waals surface area contributed by atoms with Gasteiger partial charge in [0.15, 0.2) is 11.6 Å². The van der Waals surface area contributed by atoms with Crippen LogP contribution in [0.15, 0.2) is 18.2 Å². The monoisotopic (exact) mass is 638 g/mol. The largest absolute Gasteiger partial charge is 0.460 e. The van der Waals surface area contributed by atoms with E-state index < -0.39 is 90.8 Å². The van der Waals surface area contributed by atoms with E-state index in [1.807, 2.05) is 6.92 Å². The Hall–Kier alpha value is -2.29. The molecule has 0 spiro atoms. The van der Waals surface area contributed by atoms with Crippen LogP contribution in [0, 0.1) is 17.7 Å². The Morgan fingerprint density at radius 1 is 0.738 bits per heavy atom. The fraction of sp³-hybridized carbons (Fsp3) is 0.731. The highest BCUT2D eigenvalue weighted by molar-refractivity contribution is 5.75. The van der Waals surface area contributed by atoms with Crippen molar-refractivity contribution in [1.29, 1.82) is 0 Å². The molecule has 242 valence electrons. The molecule has 1 saturated carbocycles. The van der Waals surface area contributed by atoms with Crippen LogP contribution in [0.5, 0.6) is 5.75 Å². The van der Waals surface area contributed by atoms with Crippen LogP contribution in [0.3, 0.4) is 0 Å². The number of halogens is 14. The van der Waals surface area contributed by atoms with Crippen LogP contribution in [0.2, 0.25) is 0 Å². The topological polar surface area (TPSA) is 26.3 Å². The predicted molar refractivity (Wildman–Crippen MR) is 121 cm³/mol. The molecule has 0 saturated heterocycles. The Morgan fingerprint density at radius 2 is 1.26 bits per heavy atom. The third-order valence-corrected chi connectivity index (χ3v) is 7.31. The second kappa shape index (κ2) is 12.7. The van der Waals surface area contributed by atoms with E-state index in [2.05, 4.69) is 0 Å². The van der Waals surface area contributed by atoms with Crippen LogP contribution in [-0.4, -0.2) is 41.8 Å². The van der Waals surface area contributed by atoms with Gasteiger partial charge < -0.3 is 4.74 Å². The predicted octanol–water partition coefficient (Wildman–Crippen LogP) is 9.79. The van der Waals surface area contributed by atoms with Crippen molar-refractivity contribution in [1.82, 2.24) is 0 Å². The summed E-state index contributed by atoms with van der Waals surface area (Å²) in [6.45, 7) is 2.04. The third kappa shape index (κ3) is 6.76. The second-order valence-corrected chi connectivity index (χ2v) is 10.3. The van der Waals surface area contributed by atoms with Crippen molar-refractivity contribution >= 4 is 5.97 Å². The van der Waals surface area contributed by atoms with Gasteiger partial charge in [-0.1, -0.05) is 38.7 Å². The smallest absolute Gasteiger partial charge is 0.423 e. The van der Waals surface area contributed by atoms with Gasteiger partial charge in [0.05, 0.1) is 5.92 Å². The van der Waals surface area contributed by atoms with Crippen LogP contribution < -0.4 is 4.74 Å². The molecule has 2 nitrogen and oxygen atoms in total. The Morgan fingerprint density at radius 3 is 1.76 bits per heavy atom. The number of hydrogen-bond acceptors (Lipinski definition) is 2. The number of benzene rings is 1. The minimum Gasteiger partial charge on any atom is -0.423 e. The highest BCUT2D eigenvalue weighted by atomic mass is 19.4. The Labute approximate surface area is 231 Å². The summed E-state index contributed by atoms with van der Waals surface area (Å²) in [7, 11) is 0. The van der Waals surface area contributed by atoms with E-state index in [4.69, 9.17) is 4.74 Å². The summed E-state index contributed by atoms with van der Waals surface area (Å²) in [5.41, 5.74) is 0.600. The lowest BCUT2D eigenvalue weighted by atomic mass is 9.75. The first-order valence-corrected chi connectivity index (χ1v) is 13.0. The molecule has 0 unspecified atom stereocenters. The summed E-state index contributed by atoms with van der Waals surface area (Å²) < 4.78 is 194. The fourth-order valence-electron chi connectivity index (χ4n) is 4.64. The average molecular weight is 638 g/mol. The van der Waals surface area contributed by atoms with Gasteiger partial charge in [-0.25, -0.2) is 4.39 Å². The van der Waals surface area contributed by atoms with Gasteiger partial charge in [0.2, 0.25) is 0 Å². The molecule has 0 aromatic heterocycles. The lowest BCUT2D eigenvalue weighted by Gasteiger charge is -2.43. The molecule has 1 aliphatic carbocycles. The van der Waals surface area contributed by atoms with E-state index in [1.54, 1.807) is 0 Å². The van der Waals surface area contributed by atoms with Crippen molar-refractivity contribution in [3.05, 3.63) is 29.6 Å². The molecule has 0 aliphatic heterocycles. The molecule has 0 N–H and O–H groups in total. The summed E-state index contributed by atoms with van der Waals surface area (Å²) in [5.74, 6) is -44.1. The fourth-order valence-corrected chi connectivity index (χ4v) is 4.64. The summed E-state index contributed by atoms with van der Waals surface area (Å²) in [5, 5.41) is 0. The van der Waals surface area contributed by atoms with Crippen molar-refractivity contribution in [3.63, 3.8) is 0 Å². The van der Waals surface area contributed by atoms with Crippen molar-refractivity contribution in [2.24, 2.45) is 11.8 Å². The SMILES string of the molecule is CCCCCCCc1ccc(OC(=O)C2CCC(C(F)(F)C(F)(F)C(F)(F)C(F)(F)C(F)(F)C(F)(F)F)CC2)c(F)c1. The first-order chi connectivity index (χ1) is 19.1. The van der Waals surface area contributed by atoms with Crippen molar-refractivity contribution in [2.75, 3.05) is 0 Å². The summed E-state index contributed by atoms with van der Waals surface area (Å²) >= 11 is 0. The minimum atomic E-state index is -7.96. The van der Waals surface area contributed by atoms with E-state index in [1.165, 1.54) is 6.07 Å². The Kier molecular flexibility index (Phi) is 10.9. The van der Waals surface area contributed by atoms with E-state index in [0.717, 1.165) is 44.2 Å². The van der Waals surface area contributed by atoms with Gasteiger partial charge in [-0.3, -0.25) is 4.79 Å². The van der Waals surface area contributed by atoms with Crippen LogP contribution in [0.4, 0.5) is 61.5 Å². The first-order valence-electron chi connectivity index (χ1n) is 13.0. The highest BCUT2D eigenvalue weighted by Crippen LogP contribution is 2.62. The molecular formula is C26H28F14O2. The molecule has 1 fully saturated rings. The van der Waals surface area contributed by atoms with Crippen molar-refractivity contribution < 1.29 is 71.0 Å². The molecule has 0 amide bonds. The van der Waals surface area contributed by atoms with Crippen molar-refractivity contribution in [2.45, 2.75) is 107 Å². The summed E-state index contributed by atoms with van der Waals surface area (Å²) in [4.78, 5) is 12.4. The van der Waals surface area contributed by atoms with E-state index in [0.29, 0.717) is 12.0 Å². The summed E-state index contributed by atoms with van der Waals surface area (Å²) in [6, 6.07) is 3.72. The molecule has 42 heavy (non-hydrogen) atoms. The first kappa shape index (κ1) is 35.9. The lowest BCUT2D eigenvalue weighted by molar-refractivity contribution is -0.443. The number of ether oxygens (including phenoxy) is 1. The maximum absolute atomic E-state index is 14.5. The van der Waals surface area contributed by atoms with Gasteiger partial charge in [-0.15, -0.1) is 0 Å². The van der Waals surface area contributed by atoms with E-state index in [-0.39, 0.29) is 0 Å². The number of carbonyl (C=O) groups excluding carboxylic acids is 1. The molecular weight excluding hydrogens is 610 g/mol. The standard InChI is InChI=1S/C26H28F14O2/c1-2-3-4-5-6-7-15-8-13-19(18(27)14-15)42-20(41)16-9-11-17(12-10-16)21(28,29)22(30,31)23(32,33)24(34,35)25(36,37)26(38,39)40/h8,13-14,16-17H,2-7,9-12H2,1H3. The van der Waals surface area contributed by atoms with Crippen LogP contribution in [0.25, 0.3) is 0 Å². The lowest BCUT2D eigenvalue weighted by Crippen LogP contribution is -2.71.